The summed E-state index contributed by atoms with van der Waals surface area (Å²) >= 11 is 0. The van der Waals surface area contributed by atoms with Crippen LogP contribution in [-0.2, 0) is 6.42 Å². The third kappa shape index (κ3) is 3.02. The van der Waals surface area contributed by atoms with Crippen molar-refractivity contribution in [2.24, 2.45) is 0 Å². The highest BCUT2D eigenvalue weighted by molar-refractivity contribution is 5.97. The van der Waals surface area contributed by atoms with Crippen LogP contribution < -0.4 is 10.2 Å². The van der Waals surface area contributed by atoms with E-state index in [1.165, 1.54) is 26.0 Å². The molecule has 7 heteroatoms. The van der Waals surface area contributed by atoms with Crippen LogP contribution >= 0.6 is 0 Å². The Labute approximate surface area is 172 Å². The van der Waals surface area contributed by atoms with E-state index in [0.717, 1.165) is 5.57 Å². The maximum absolute atomic E-state index is 13.4. The zero-order chi connectivity index (χ0) is 22.0. The number of hydrogen-bond acceptors (Lipinski definition) is 7. The molecule has 7 nitrogen and oxygen atoms in total. The highest BCUT2D eigenvalue weighted by atomic mass is 16.5. The lowest BCUT2D eigenvalue weighted by Gasteiger charge is -2.27. The van der Waals surface area contributed by atoms with Gasteiger partial charge in [0.05, 0.1) is 11.0 Å². The van der Waals surface area contributed by atoms with Gasteiger partial charge in [0.25, 0.3) is 0 Å². The van der Waals surface area contributed by atoms with Gasteiger partial charge in [-0.3, -0.25) is 4.79 Å². The Balaban J connectivity index is 2.03. The number of benzene rings is 2. The van der Waals surface area contributed by atoms with Gasteiger partial charge in [0.2, 0.25) is 5.43 Å². The first kappa shape index (κ1) is 20.3. The molecule has 2 heterocycles. The first-order valence-electron chi connectivity index (χ1n) is 9.68. The molecule has 158 valence electrons. The van der Waals surface area contributed by atoms with Crippen LogP contribution in [0.25, 0.3) is 21.9 Å². The molecule has 0 aliphatic carbocycles. The van der Waals surface area contributed by atoms with Crippen molar-refractivity contribution in [2.45, 2.75) is 51.9 Å². The Morgan fingerprint density at radius 3 is 2.50 bits per heavy atom. The quantitative estimate of drug-likeness (QED) is 0.384. The largest absolute Gasteiger partial charge is 0.507 e. The van der Waals surface area contributed by atoms with Gasteiger partial charge in [0.1, 0.15) is 39.9 Å². The van der Waals surface area contributed by atoms with Gasteiger partial charge in [-0.15, -0.1) is 0 Å². The predicted molar refractivity (Wildman–Crippen MR) is 112 cm³/mol. The fraction of sp³-hybridized carbons (Fsp3) is 0.348. The zero-order valence-corrected chi connectivity index (χ0v) is 17.2. The maximum Gasteiger partial charge on any atom is 0.204 e. The Morgan fingerprint density at radius 1 is 1.17 bits per heavy atom. The standard InChI is InChI=1S/C23H24O7/c1-10(2)5-6-11-12(24)9-15-18(19(11)25)20(26)16-13(29-15)7-8-14-17(16)21(27)22(30-14)23(3,4)28/h5,7-9,21-22,24-25,27-28H,6H2,1-4H3/t21-,22+/m1/s1. The molecule has 1 aliphatic heterocycles. The summed E-state index contributed by atoms with van der Waals surface area (Å²) in [4.78, 5) is 13.4. The number of hydrogen-bond donors (Lipinski definition) is 4. The van der Waals surface area contributed by atoms with E-state index in [1.807, 2.05) is 19.9 Å². The third-order valence-corrected chi connectivity index (χ3v) is 5.43. The molecule has 1 aliphatic rings. The van der Waals surface area contributed by atoms with E-state index in [1.54, 1.807) is 6.07 Å². The van der Waals surface area contributed by atoms with Crippen LogP contribution in [0, 0.1) is 0 Å². The van der Waals surface area contributed by atoms with Crippen LogP contribution in [-0.4, -0.2) is 32.1 Å². The average Bonchev–Trinajstić information content (AvgIpc) is 2.98. The van der Waals surface area contributed by atoms with Crippen molar-refractivity contribution in [3.05, 3.63) is 51.2 Å². The molecule has 0 amide bonds. The molecule has 2 atom stereocenters. The SMILES string of the molecule is CC(C)=CCc1c(O)cc2oc3ccc4c(c3c(=O)c2c1O)[C@@H](O)[C@@H](C(C)(C)O)O4. The van der Waals surface area contributed by atoms with Gasteiger partial charge in [0.15, 0.2) is 6.10 Å². The Bertz CT molecular complexity index is 1260. The van der Waals surface area contributed by atoms with Gasteiger partial charge in [-0.25, -0.2) is 0 Å². The maximum atomic E-state index is 13.4. The number of fused-ring (bicyclic) bond motifs is 4. The van der Waals surface area contributed by atoms with E-state index >= 15 is 0 Å². The van der Waals surface area contributed by atoms with Gasteiger partial charge in [-0.2, -0.15) is 0 Å². The molecule has 0 saturated carbocycles. The normalized spacial score (nSPS) is 18.5. The molecule has 0 bridgehead atoms. The van der Waals surface area contributed by atoms with Crippen molar-refractivity contribution in [2.75, 3.05) is 0 Å². The van der Waals surface area contributed by atoms with Crippen LogP contribution in [0.1, 0.15) is 44.9 Å². The van der Waals surface area contributed by atoms with E-state index in [0.29, 0.717) is 0 Å². The monoisotopic (exact) mass is 412 g/mol. The summed E-state index contributed by atoms with van der Waals surface area (Å²) < 4.78 is 11.5. The zero-order valence-electron chi connectivity index (χ0n) is 17.2. The number of ether oxygens (including phenoxy) is 1. The van der Waals surface area contributed by atoms with Crippen LogP contribution in [0.4, 0.5) is 0 Å². The predicted octanol–water partition coefficient (Wildman–Crippen LogP) is 3.43. The fourth-order valence-electron chi connectivity index (χ4n) is 3.90. The first-order valence-corrected chi connectivity index (χ1v) is 9.68. The van der Waals surface area contributed by atoms with Crippen molar-refractivity contribution in [3.8, 4) is 17.2 Å². The summed E-state index contributed by atoms with van der Waals surface area (Å²) in [6.07, 6.45) is -0.150. The molecule has 1 aromatic heterocycles. The minimum atomic E-state index is -1.35. The molecule has 30 heavy (non-hydrogen) atoms. The molecule has 0 saturated heterocycles. The molecule has 0 unspecified atom stereocenters. The second-order valence-electron chi connectivity index (χ2n) is 8.50. The molecular formula is C23H24O7. The van der Waals surface area contributed by atoms with E-state index in [-0.39, 0.29) is 56.7 Å². The molecule has 4 N–H and O–H groups in total. The second kappa shape index (κ2) is 6.75. The minimum Gasteiger partial charge on any atom is -0.507 e. The summed E-state index contributed by atoms with van der Waals surface area (Å²) in [5, 5.41) is 42.3. The summed E-state index contributed by atoms with van der Waals surface area (Å²) in [5.74, 6) is -0.258. The van der Waals surface area contributed by atoms with E-state index in [4.69, 9.17) is 9.15 Å². The van der Waals surface area contributed by atoms with E-state index in [2.05, 4.69) is 0 Å². The Morgan fingerprint density at radius 2 is 1.87 bits per heavy atom. The molecule has 4 rings (SSSR count). The summed E-state index contributed by atoms with van der Waals surface area (Å²) in [6.45, 7) is 6.80. The molecule has 0 fully saturated rings. The van der Waals surface area contributed by atoms with Crippen molar-refractivity contribution >= 4 is 21.9 Å². The lowest BCUT2D eigenvalue weighted by Crippen LogP contribution is -2.41. The Hall–Kier alpha value is -3.03. The molecule has 3 aromatic rings. The molecular weight excluding hydrogens is 388 g/mol. The smallest absolute Gasteiger partial charge is 0.204 e. The lowest BCUT2D eigenvalue weighted by molar-refractivity contribution is -0.0760. The topological polar surface area (TPSA) is 120 Å². The number of aromatic hydroxyl groups is 2. The number of rotatable bonds is 3. The summed E-state index contributed by atoms with van der Waals surface area (Å²) in [5.41, 5.74) is -0.249. The van der Waals surface area contributed by atoms with Gasteiger partial charge < -0.3 is 29.6 Å². The average molecular weight is 412 g/mol. The highest BCUT2D eigenvalue weighted by Crippen LogP contribution is 2.45. The second-order valence-corrected chi connectivity index (χ2v) is 8.50. The van der Waals surface area contributed by atoms with Crippen LogP contribution in [0.15, 0.2) is 39.1 Å². The Kier molecular flexibility index (Phi) is 4.56. The van der Waals surface area contributed by atoms with Gasteiger partial charge in [-0.1, -0.05) is 11.6 Å². The van der Waals surface area contributed by atoms with E-state index < -0.39 is 23.2 Å². The third-order valence-electron chi connectivity index (χ3n) is 5.43. The molecule has 0 radical (unpaired) electrons. The van der Waals surface area contributed by atoms with Gasteiger partial charge in [0, 0.05) is 17.2 Å². The summed E-state index contributed by atoms with van der Waals surface area (Å²) in [6, 6.07) is 4.40. The van der Waals surface area contributed by atoms with Gasteiger partial charge in [-0.05, 0) is 46.2 Å². The fourth-order valence-corrected chi connectivity index (χ4v) is 3.90. The van der Waals surface area contributed by atoms with Crippen molar-refractivity contribution in [3.63, 3.8) is 0 Å². The number of allylic oxidation sites excluding steroid dienone is 2. The minimum absolute atomic E-state index is 0.0378. The van der Waals surface area contributed by atoms with Crippen molar-refractivity contribution < 1.29 is 29.6 Å². The van der Waals surface area contributed by atoms with Gasteiger partial charge >= 0.3 is 0 Å². The highest BCUT2D eigenvalue weighted by Gasteiger charge is 2.44. The lowest BCUT2D eigenvalue weighted by atomic mass is 9.92. The van der Waals surface area contributed by atoms with E-state index in [9.17, 15) is 25.2 Å². The van der Waals surface area contributed by atoms with Crippen LogP contribution in [0.2, 0.25) is 0 Å². The van der Waals surface area contributed by atoms with Crippen LogP contribution in [0.5, 0.6) is 17.2 Å². The number of aliphatic hydroxyl groups excluding tert-OH is 1. The molecule has 0 spiro atoms. The van der Waals surface area contributed by atoms with Crippen LogP contribution in [0.3, 0.4) is 0 Å². The number of phenolic OH excluding ortho intramolecular Hbond substituents is 2. The molecule has 2 aromatic carbocycles. The number of phenols is 2. The van der Waals surface area contributed by atoms with Crippen molar-refractivity contribution in [1.82, 2.24) is 0 Å². The summed E-state index contributed by atoms with van der Waals surface area (Å²) in [7, 11) is 0. The first-order chi connectivity index (χ1) is 14.0. The van der Waals surface area contributed by atoms with Crippen molar-refractivity contribution in [1.29, 1.82) is 0 Å². The number of aliphatic hydroxyl groups is 2.